The molecule has 2 rings (SSSR count). The van der Waals surface area contributed by atoms with E-state index in [1.165, 1.54) is 30.6 Å². The monoisotopic (exact) mass is 279 g/mol. The van der Waals surface area contributed by atoms with Gasteiger partial charge in [-0.1, -0.05) is 25.8 Å². The van der Waals surface area contributed by atoms with Crippen molar-refractivity contribution < 1.29 is 0 Å². The molecule has 1 aliphatic carbocycles. The van der Waals surface area contributed by atoms with E-state index in [-0.39, 0.29) is 0 Å². The predicted octanol–water partition coefficient (Wildman–Crippen LogP) is 3.35. The van der Waals surface area contributed by atoms with Gasteiger partial charge in [-0.3, -0.25) is 4.99 Å². The summed E-state index contributed by atoms with van der Waals surface area (Å²) in [7, 11) is 0. The first kappa shape index (κ1) is 14.4. The minimum atomic E-state index is 0.499. The van der Waals surface area contributed by atoms with Gasteiger partial charge in [-0.05, 0) is 31.2 Å². The van der Waals surface area contributed by atoms with Crippen LogP contribution in [-0.2, 0) is 0 Å². The zero-order valence-corrected chi connectivity index (χ0v) is 12.8. The van der Waals surface area contributed by atoms with Crippen molar-refractivity contribution in [2.24, 2.45) is 4.99 Å². The molecular weight excluding hydrogens is 254 g/mol. The van der Waals surface area contributed by atoms with Gasteiger partial charge in [-0.15, -0.1) is 11.3 Å². The van der Waals surface area contributed by atoms with Gasteiger partial charge in [0.05, 0.1) is 6.54 Å². The molecule has 3 nitrogen and oxygen atoms in total. The molecule has 0 bridgehead atoms. The van der Waals surface area contributed by atoms with Crippen LogP contribution >= 0.6 is 11.3 Å². The molecule has 2 N–H and O–H groups in total. The largest absolute Gasteiger partial charge is 0.357 e. The highest BCUT2D eigenvalue weighted by atomic mass is 32.1. The van der Waals surface area contributed by atoms with Gasteiger partial charge in [-0.2, -0.15) is 0 Å². The lowest BCUT2D eigenvalue weighted by Crippen LogP contribution is -2.42. The van der Waals surface area contributed by atoms with E-state index >= 15 is 0 Å². The van der Waals surface area contributed by atoms with Crippen molar-refractivity contribution in [2.45, 2.75) is 51.5 Å². The highest BCUT2D eigenvalue weighted by Crippen LogP contribution is 2.21. The maximum absolute atomic E-state index is 4.73. The van der Waals surface area contributed by atoms with E-state index in [1.807, 2.05) is 11.3 Å². The zero-order chi connectivity index (χ0) is 13.5. The number of hydrogen-bond acceptors (Lipinski definition) is 2. The molecule has 1 heterocycles. The van der Waals surface area contributed by atoms with E-state index < -0.39 is 0 Å². The zero-order valence-electron chi connectivity index (χ0n) is 12.0. The van der Waals surface area contributed by atoms with E-state index in [0.717, 1.165) is 19.0 Å². The lowest BCUT2D eigenvalue weighted by Gasteiger charge is -2.17. The molecule has 1 aromatic heterocycles. The summed E-state index contributed by atoms with van der Waals surface area (Å²) < 4.78 is 0. The Morgan fingerprint density at radius 1 is 1.47 bits per heavy atom. The van der Waals surface area contributed by atoms with E-state index in [2.05, 4.69) is 42.0 Å². The topological polar surface area (TPSA) is 36.4 Å². The Hall–Kier alpha value is -1.03. The van der Waals surface area contributed by atoms with Crippen LogP contribution < -0.4 is 10.6 Å². The standard InChI is InChI=1S/C15H25N3S/c1-3-16-15(18-13-7-4-5-8-13)17-11-12(2)14-9-6-10-19-14/h6,9-10,12-13H,3-5,7-8,11H2,1-2H3,(H2,16,17,18). The summed E-state index contributed by atoms with van der Waals surface area (Å²) in [5.74, 6) is 1.48. The summed E-state index contributed by atoms with van der Waals surface area (Å²) in [4.78, 5) is 6.15. The molecule has 106 valence electrons. The first-order chi connectivity index (χ1) is 9.29. The third kappa shape index (κ3) is 4.53. The number of aliphatic imine (C=N–C) groups is 1. The highest BCUT2D eigenvalue weighted by molar-refractivity contribution is 7.10. The lowest BCUT2D eigenvalue weighted by molar-refractivity contribution is 0.612. The third-order valence-corrected chi connectivity index (χ3v) is 4.70. The number of hydrogen-bond donors (Lipinski definition) is 2. The molecule has 4 heteroatoms. The summed E-state index contributed by atoms with van der Waals surface area (Å²) in [6.45, 7) is 6.14. The summed E-state index contributed by atoms with van der Waals surface area (Å²) in [6, 6.07) is 4.93. The second-order valence-corrected chi connectivity index (χ2v) is 6.24. The molecule has 0 spiro atoms. The summed E-state index contributed by atoms with van der Waals surface area (Å²) >= 11 is 1.82. The van der Waals surface area contributed by atoms with Crippen molar-refractivity contribution >= 4 is 17.3 Å². The molecule has 1 saturated carbocycles. The van der Waals surface area contributed by atoms with Crippen molar-refractivity contribution in [3.05, 3.63) is 22.4 Å². The Bertz CT molecular complexity index is 380. The highest BCUT2D eigenvalue weighted by Gasteiger charge is 2.16. The quantitative estimate of drug-likeness (QED) is 0.640. The number of nitrogens with one attached hydrogen (secondary N) is 2. The smallest absolute Gasteiger partial charge is 0.191 e. The lowest BCUT2D eigenvalue weighted by atomic mass is 10.1. The van der Waals surface area contributed by atoms with Crippen LogP contribution in [0.1, 0.15) is 50.3 Å². The van der Waals surface area contributed by atoms with E-state index in [9.17, 15) is 0 Å². The van der Waals surface area contributed by atoms with E-state index in [1.54, 1.807) is 0 Å². The van der Waals surface area contributed by atoms with Crippen LogP contribution in [0.25, 0.3) is 0 Å². The fraction of sp³-hybridized carbons (Fsp3) is 0.667. The molecule has 19 heavy (non-hydrogen) atoms. The maximum Gasteiger partial charge on any atom is 0.191 e. The fourth-order valence-electron chi connectivity index (χ4n) is 2.47. The van der Waals surface area contributed by atoms with Gasteiger partial charge in [-0.25, -0.2) is 0 Å². The molecule has 1 atom stereocenters. The molecule has 1 aliphatic rings. The predicted molar refractivity (Wildman–Crippen MR) is 84.1 cm³/mol. The molecule has 0 aliphatic heterocycles. The Morgan fingerprint density at radius 2 is 2.26 bits per heavy atom. The summed E-state index contributed by atoms with van der Waals surface area (Å²) in [5, 5.41) is 9.05. The van der Waals surface area contributed by atoms with Crippen molar-refractivity contribution in [3.8, 4) is 0 Å². The molecule has 1 aromatic rings. The minimum Gasteiger partial charge on any atom is -0.357 e. The van der Waals surface area contributed by atoms with Gasteiger partial charge >= 0.3 is 0 Å². The minimum absolute atomic E-state index is 0.499. The summed E-state index contributed by atoms with van der Waals surface area (Å²) in [5.41, 5.74) is 0. The average Bonchev–Trinajstić information content (AvgIpc) is 3.08. The molecule has 0 aromatic carbocycles. The first-order valence-electron chi connectivity index (χ1n) is 7.38. The van der Waals surface area contributed by atoms with Crippen LogP contribution in [-0.4, -0.2) is 25.1 Å². The van der Waals surface area contributed by atoms with Crippen LogP contribution in [0, 0.1) is 0 Å². The van der Waals surface area contributed by atoms with E-state index in [4.69, 9.17) is 4.99 Å². The SMILES string of the molecule is CCNC(=NCC(C)c1cccs1)NC1CCCC1. The second-order valence-electron chi connectivity index (χ2n) is 5.26. The van der Waals surface area contributed by atoms with Gasteiger partial charge in [0, 0.05) is 23.4 Å². The van der Waals surface area contributed by atoms with Crippen LogP contribution in [0.5, 0.6) is 0 Å². The Labute approximate surface area is 120 Å². The maximum atomic E-state index is 4.73. The Morgan fingerprint density at radius 3 is 2.89 bits per heavy atom. The molecule has 0 radical (unpaired) electrons. The van der Waals surface area contributed by atoms with Gasteiger partial charge in [0.2, 0.25) is 0 Å². The van der Waals surface area contributed by atoms with Crippen molar-refractivity contribution in [1.29, 1.82) is 0 Å². The molecule has 1 fully saturated rings. The van der Waals surface area contributed by atoms with Crippen LogP contribution in [0.4, 0.5) is 0 Å². The van der Waals surface area contributed by atoms with E-state index in [0.29, 0.717) is 12.0 Å². The average molecular weight is 279 g/mol. The number of rotatable bonds is 5. The number of nitrogens with zero attached hydrogens (tertiary/aromatic N) is 1. The number of guanidine groups is 1. The normalized spacial score (nSPS) is 18.5. The van der Waals surface area contributed by atoms with Crippen molar-refractivity contribution in [3.63, 3.8) is 0 Å². The molecule has 0 amide bonds. The Kier molecular flexibility index (Phi) is 5.70. The molecular formula is C15H25N3S. The molecule has 1 unspecified atom stereocenters. The second kappa shape index (κ2) is 7.53. The van der Waals surface area contributed by atoms with Crippen LogP contribution in [0.15, 0.2) is 22.5 Å². The molecule has 0 saturated heterocycles. The van der Waals surface area contributed by atoms with Gasteiger partial charge in [0.25, 0.3) is 0 Å². The third-order valence-electron chi connectivity index (χ3n) is 3.59. The van der Waals surface area contributed by atoms with Crippen LogP contribution in [0.2, 0.25) is 0 Å². The summed E-state index contributed by atoms with van der Waals surface area (Å²) in [6.07, 6.45) is 5.27. The van der Waals surface area contributed by atoms with Gasteiger partial charge < -0.3 is 10.6 Å². The first-order valence-corrected chi connectivity index (χ1v) is 8.25. The van der Waals surface area contributed by atoms with Crippen LogP contribution in [0.3, 0.4) is 0 Å². The van der Waals surface area contributed by atoms with Gasteiger partial charge in [0.15, 0.2) is 5.96 Å². The van der Waals surface area contributed by atoms with Crippen molar-refractivity contribution in [2.75, 3.05) is 13.1 Å². The Balaban J connectivity index is 1.87. The van der Waals surface area contributed by atoms with Crippen molar-refractivity contribution in [1.82, 2.24) is 10.6 Å². The van der Waals surface area contributed by atoms with Gasteiger partial charge in [0.1, 0.15) is 0 Å². The fourth-order valence-corrected chi connectivity index (χ4v) is 3.25. The number of thiophene rings is 1.